The molecule has 0 fully saturated rings. The van der Waals surface area contributed by atoms with E-state index in [-0.39, 0.29) is 0 Å². The van der Waals surface area contributed by atoms with E-state index >= 15 is 0 Å². The van der Waals surface area contributed by atoms with E-state index in [4.69, 9.17) is 5.73 Å². The van der Waals surface area contributed by atoms with Crippen LogP contribution >= 0.6 is 23.1 Å². The third-order valence-electron chi connectivity index (χ3n) is 2.70. The molecular formula is C13H11N3S2. The van der Waals surface area contributed by atoms with Crippen LogP contribution in [0.3, 0.4) is 0 Å². The van der Waals surface area contributed by atoms with Crippen molar-refractivity contribution >= 4 is 39.1 Å². The van der Waals surface area contributed by atoms with Crippen LogP contribution in [0, 0.1) is 0 Å². The second kappa shape index (κ2) is 4.59. The summed E-state index contributed by atoms with van der Waals surface area (Å²) in [4.78, 5) is 11.1. The first-order valence-corrected chi connectivity index (χ1v) is 7.53. The molecule has 5 heteroatoms. The topological polar surface area (TPSA) is 51.8 Å². The van der Waals surface area contributed by atoms with E-state index in [1.807, 2.05) is 23.6 Å². The van der Waals surface area contributed by atoms with Gasteiger partial charge in [-0.1, -0.05) is 12.1 Å². The van der Waals surface area contributed by atoms with Crippen molar-refractivity contribution in [1.29, 1.82) is 0 Å². The zero-order chi connectivity index (χ0) is 12.5. The fourth-order valence-corrected chi connectivity index (χ4v) is 2.93. The van der Waals surface area contributed by atoms with Crippen molar-refractivity contribution < 1.29 is 0 Å². The van der Waals surface area contributed by atoms with Crippen LogP contribution in [-0.2, 0) is 0 Å². The molecule has 0 aliphatic carbocycles. The number of thiophene rings is 1. The molecule has 0 amide bonds. The van der Waals surface area contributed by atoms with Crippen LogP contribution in [0.1, 0.15) is 0 Å². The van der Waals surface area contributed by atoms with Crippen molar-refractivity contribution in [2.75, 3.05) is 12.0 Å². The van der Waals surface area contributed by atoms with Crippen LogP contribution in [0.25, 0.3) is 21.6 Å². The van der Waals surface area contributed by atoms with Gasteiger partial charge in [0, 0.05) is 10.5 Å². The summed E-state index contributed by atoms with van der Waals surface area (Å²) in [7, 11) is 0. The molecule has 0 saturated carbocycles. The van der Waals surface area contributed by atoms with Crippen LogP contribution in [0.5, 0.6) is 0 Å². The molecular weight excluding hydrogens is 262 g/mol. The molecule has 0 spiro atoms. The first-order valence-electron chi connectivity index (χ1n) is 5.43. The van der Waals surface area contributed by atoms with Crippen LogP contribution in [0.2, 0.25) is 0 Å². The van der Waals surface area contributed by atoms with Crippen molar-refractivity contribution in [2.24, 2.45) is 0 Å². The Hall–Kier alpha value is -1.59. The highest BCUT2D eigenvalue weighted by atomic mass is 32.2. The molecule has 2 aromatic heterocycles. The van der Waals surface area contributed by atoms with Crippen molar-refractivity contribution in [3.63, 3.8) is 0 Å². The summed E-state index contributed by atoms with van der Waals surface area (Å²) in [6, 6.07) is 10.1. The zero-order valence-electron chi connectivity index (χ0n) is 9.75. The Morgan fingerprint density at radius 1 is 1.11 bits per heavy atom. The maximum absolute atomic E-state index is 5.95. The van der Waals surface area contributed by atoms with Gasteiger partial charge in [-0.15, -0.1) is 23.1 Å². The molecule has 2 N–H and O–H groups in total. The number of nitrogen functional groups attached to an aromatic ring is 1. The molecule has 3 nitrogen and oxygen atoms in total. The van der Waals surface area contributed by atoms with E-state index in [9.17, 15) is 0 Å². The molecule has 0 aliphatic rings. The summed E-state index contributed by atoms with van der Waals surface area (Å²) in [5.41, 5.74) is 6.94. The monoisotopic (exact) mass is 273 g/mol. The molecule has 1 aromatic carbocycles. The number of rotatable bonds is 2. The standard InChI is InChI=1S/C13H11N3S2/c1-17-9-4-2-8(3-5-9)12-15-11(14)10-6-7-18-13(10)16-12/h2-7H,1H3,(H2,14,15,16). The Labute approximate surface area is 113 Å². The van der Waals surface area contributed by atoms with E-state index in [0.29, 0.717) is 11.6 Å². The van der Waals surface area contributed by atoms with Crippen LogP contribution < -0.4 is 5.73 Å². The number of hydrogen-bond acceptors (Lipinski definition) is 5. The first-order chi connectivity index (χ1) is 8.78. The number of fused-ring (bicyclic) bond motifs is 1. The number of nitrogens with zero attached hydrogens (tertiary/aromatic N) is 2. The summed E-state index contributed by atoms with van der Waals surface area (Å²) in [6.07, 6.45) is 2.06. The van der Waals surface area contributed by atoms with Gasteiger partial charge in [-0.3, -0.25) is 0 Å². The second-order valence-electron chi connectivity index (χ2n) is 3.80. The molecule has 3 rings (SSSR count). The molecule has 90 valence electrons. The fourth-order valence-electron chi connectivity index (χ4n) is 1.75. The Bertz CT molecular complexity index is 689. The predicted octanol–water partition coefficient (Wildman–Crippen LogP) is 3.66. The normalized spacial score (nSPS) is 10.9. The quantitative estimate of drug-likeness (QED) is 0.724. The van der Waals surface area contributed by atoms with E-state index in [1.165, 1.54) is 4.90 Å². The molecule has 2 heterocycles. The average Bonchev–Trinajstić information content (AvgIpc) is 2.88. The molecule has 0 unspecified atom stereocenters. The van der Waals surface area contributed by atoms with Gasteiger partial charge in [0.05, 0.1) is 5.39 Å². The third-order valence-corrected chi connectivity index (χ3v) is 4.25. The second-order valence-corrected chi connectivity index (χ2v) is 5.57. The molecule has 0 bridgehead atoms. The largest absolute Gasteiger partial charge is 0.383 e. The molecule has 0 atom stereocenters. The molecule has 3 aromatic rings. The highest BCUT2D eigenvalue weighted by molar-refractivity contribution is 7.98. The summed E-state index contributed by atoms with van der Waals surface area (Å²) >= 11 is 3.30. The maximum atomic E-state index is 5.95. The van der Waals surface area contributed by atoms with Gasteiger partial charge in [0.1, 0.15) is 10.6 Å². The lowest BCUT2D eigenvalue weighted by Crippen LogP contribution is -1.95. The highest BCUT2D eigenvalue weighted by Gasteiger charge is 2.07. The van der Waals surface area contributed by atoms with E-state index < -0.39 is 0 Å². The van der Waals surface area contributed by atoms with E-state index in [0.717, 1.165) is 15.8 Å². The summed E-state index contributed by atoms with van der Waals surface area (Å²) in [5, 5.41) is 2.92. The zero-order valence-corrected chi connectivity index (χ0v) is 11.4. The van der Waals surface area contributed by atoms with Gasteiger partial charge in [-0.25, -0.2) is 9.97 Å². The average molecular weight is 273 g/mol. The Balaban J connectivity index is 2.12. The molecule has 0 aliphatic heterocycles. The van der Waals surface area contributed by atoms with Gasteiger partial charge in [-0.05, 0) is 29.8 Å². The van der Waals surface area contributed by atoms with Crippen molar-refractivity contribution in [3.05, 3.63) is 35.7 Å². The van der Waals surface area contributed by atoms with Gasteiger partial charge in [-0.2, -0.15) is 0 Å². The number of hydrogen-bond donors (Lipinski definition) is 1. The molecule has 0 radical (unpaired) electrons. The van der Waals surface area contributed by atoms with Crippen molar-refractivity contribution in [1.82, 2.24) is 9.97 Å². The van der Waals surface area contributed by atoms with Gasteiger partial charge >= 0.3 is 0 Å². The third kappa shape index (κ3) is 1.95. The first kappa shape index (κ1) is 11.5. The number of thioether (sulfide) groups is 1. The minimum atomic E-state index is 0.546. The smallest absolute Gasteiger partial charge is 0.163 e. The number of nitrogens with two attached hydrogens (primary N) is 1. The minimum Gasteiger partial charge on any atom is -0.383 e. The van der Waals surface area contributed by atoms with Crippen LogP contribution in [0.15, 0.2) is 40.6 Å². The maximum Gasteiger partial charge on any atom is 0.163 e. The number of benzene rings is 1. The lowest BCUT2D eigenvalue weighted by Gasteiger charge is -2.03. The van der Waals surface area contributed by atoms with Gasteiger partial charge in [0.2, 0.25) is 0 Å². The van der Waals surface area contributed by atoms with Gasteiger partial charge < -0.3 is 5.73 Å². The Morgan fingerprint density at radius 3 is 2.61 bits per heavy atom. The van der Waals surface area contributed by atoms with Gasteiger partial charge in [0.15, 0.2) is 5.82 Å². The lowest BCUT2D eigenvalue weighted by molar-refractivity contribution is 1.24. The number of anilines is 1. The molecule has 0 saturated heterocycles. The highest BCUT2D eigenvalue weighted by Crippen LogP contribution is 2.27. The number of aromatic nitrogens is 2. The lowest BCUT2D eigenvalue weighted by atomic mass is 10.2. The van der Waals surface area contributed by atoms with Crippen molar-refractivity contribution in [3.8, 4) is 11.4 Å². The summed E-state index contributed by atoms with van der Waals surface area (Å²) in [5.74, 6) is 1.24. The summed E-state index contributed by atoms with van der Waals surface area (Å²) in [6.45, 7) is 0. The fraction of sp³-hybridized carbons (Fsp3) is 0.0769. The minimum absolute atomic E-state index is 0.546. The molecule has 18 heavy (non-hydrogen) atoms. The van der Waals surface area contributed by atoms with Crippen molar-refractivity contribution in [2.45, 2.75) is 4.90 Å². The van der Waals surface area contributed by atoms with Gasteiger partial charge in [0.25, 0.3) is 0 Å². The van der Waals surface area contributed by atoms with Crippen LogP contribution in [0.4, 0.5) is 5.82 Å². The Kier molecular flexibility index (Phi) is 2.93. The van der Waals surface area contributed by atoms with Crippen LogP contribution in [-0.4, -0.2) is 16.2 Å². The SMILES string of the molecule is CSc1ccc(-c2nc(N)c3ccsc3n2)cc1. The predicted molar refractivity (Wildman–Crippen MR) is 79.0 cm³/mol. The van der Waals surface area contributed by atoms with E-state index in [2.05, 4.69) is 28.4 Å². The summed E-state index contributed by atoms with van der Waals surface area (Å²) < 4.78 is 0. The van der Waals surface area contributed by atoms with E-state index in [1.54, 1.807) is 23.1 Å². The Morgan fingerprint density at radius 2 is 1.89 bits per heavy atom.